The fraction of sp³-hybridized carbons (Fsp3) is 0.500. The van der Waals surface area contributed by atoms with E-state index in [0.717, 1.165) is 12.8 Å². The van der Waals surface area contributed by atoms with Crippen LogP contribution in [0.4, 0.5) is 14.5 Å². The molecule has 0 saturated carbocycles. The first-order valence-electron chi connectivity index (χ1n) is 6.77. The summed E-state index contributed by atoms with van der Waals surface area (Å²) in [6.07, 6.45) is 2.56. The molecule has 1 amide bonds. The molecule has 0 radical (unpaired) electrons. The van der Waals surface area contributed by atoms with Gasteiger partial charge >= 0.3 is 6.61 Å². The molecule has 1 atom stereocenters. The van der Waals surface area contributed by atoms with Gasteiger partial charge in [-0.3, -0.25) is 4.79 Å². The van der Waals surface area contributed by atoms with Gasteiger partial charge in [0.15, 0.2) is 11.5 Å². The van der Waals surface area contributed by atoms with Gasteiger partial charge in [-0.05, 0) is 31.4 Å². The van der Waals surface area contributed by atoms with Crippen molar-refractivity contribution in [3.63, 3.8) is 0 Å². The number of amides is 1. The highest BCUT2D eigenvalue weighted by Crippen LogP contribution is 2.32. The number of carbonyl (C=O) groups is 1. The Balaban J connectivity index is 2.13. The second-order valence-electron chi connectivity index (χ2n) is 4.73. The maximum atomic E-state index is 12.4. The number of benzene rings is 1. The smallest absolute Gasteiger partial charge is 0.387 e. The van der Waals surface area contributed by atoms with Gasteiger partial charge in [0.05, 0.1) is 7.11 Å². The van der Waals surface area contributed by atoms with Crippen LogP contribution in [0.1, 0.15) is 19.3 Å². The molecule has 1 aliphatic rings. The van der Waals surface area contributed by atoms with E-state index >= 15 is 0 Å². The fourth-order valence-corrected chi connectivity index (χ4v) is 2.23. The van der Waals surface area contributed by atoms with Crippen LogP contribution in [0.5, 0.6) is 11.5 Å². The largest absolute Gasteiger partial charge is 0.493 e. The summed E-state index contributed by atoms with van der Waals surface area (Å²) in [5.41, 5.74) is 0.536. The van der Waals surface area contributed by atoms with Gasteiger partial charge in [0.1, 0.15) is 6.04 Å². The summed E-state index contributed by atoms with van der Waals surface area (Å²) in [5.74, 6) is 0.0670. The molecule has 0 aliphatic carbocycles. The van der Waals surface area contributed by atoms with E-state index in [9.17, 15) is 13.6 Å². The Bertz CT molecular complexity index is 497. The number of anilines is 1. The van der Waals surface area contributed by atoms with Crippen molar-refractivity contribution in [2.24, 2.45) is 0 Å². The SMILES string of the molecule is COc1ccc(N[C@@H]2CCCCNC2=O)cc1OC(F)F. The van der Waals surface area contributed by atoms with Crippen molar-refractivity contribution >= 4 is 11.6 Å². The van der Waals surface area contributed by atoms with Crippen molar-refractivity contribution in [1.82, 2.24) is 5.32 Å². The van der Waals surface area contributed by atoms with E-state index in [4.69, 9.17) is 4.74 Å². The third-order valence-electron chi connectivity index (χ3n) is 3.26. The van der Waals surface area contributed by atoms with E-state index in [1.807, 2.05) is 0 Å². The first-order valence-corrected chi connectivity index (χ1v) is 6.77. The fourth-order valence-electron chi connectivity index (χ4n) is 2.23. The van der Waals surface area contributed by atoms with Gasteiger partial charge in [0, 0.05) is 18.3 Å². The van der Waals surface area contributed by atoms with Crippen molar-refractivity contribution in [1.29, 1.82) is 0 Å². The molecule has 1 aromatic carbocycles. The molecule has 1 aromatic rings. The summed E-state index contributed by atoms with van der Waals surface area (Å²) in [4.78, 5) is 11.9. The Hall–Kier alpha value is -2.05. The van der Waals surface area contributed by atoms with Crippen molar-refractivity contribution < 1.29 is 23.0 Å². The van der Waals surface area contributed by atoms with Crippen LogP contribution in [0.15, 0.2) is 18.2 Å². The summed E-state index contributed by atoms with van der Waals surface area (Å²) in [6, 6.07) is 4.22. The molecule has 2 N–H and O–H groups in total. The van der Waals surface area contributed by atoms with Gasteiger partial charge in [0.25, 0.3) is 0 Å². The monoisotopic (exact) mass is 300 g/mol. The number of carbonyl (C=O) groups excluding carboxylic acids is 1. The van der Waals surface area contributed by atoms with Crippen LogP contribution in [0, 0.1) is 0 Å². The lowest BCUT2D eigenvalue weighted by Crippen LogP contribution is -2.37. The highest BCUT2D eigenvalue weighted by atomic mass is 19.3. The van der Waals surface area contributed by atoms with Crippen LogP contribution in [0.3, 0.4) is 0 Å². The molecule has 1 heterocycles. The highest BCUT2D eigenvalue weighted by molar-refractivity contribution is 5.84. The Morgan fingerprint density at radius 1 is 1.33 bits per heavy atom. The van der Waals surface area contributed by atoms with Gasteiger partial charge in [-0.1, -0.05) is 0 Å². The van der Waals surface area contributed by atoms with Crippen molar-refractivity contribution in [3.8, 4) is 11.5 Å². The molecular weight excluding hydrogens is 282 g/mol. The number of alkyl halides is 2. The number of hydrogen-bond acceptors (Lipinski definition) is 4. The summed E-state index contributed by atoms with van der Waals surface area (Å²) in [6.45, 7) is -2.27. The third kappa shape index (κ3) is 4.21. The first-order chi connectivity index (χ1) is 10.1. The molecular formula is C14H18F2N2O3. The van der Waals surface area contributed by atoms with Crippen LogP contribution < -0.4 is 20.1 Å². The molecule has 7 heteroatoms. The second kappa shape index (κ2) is 7.10. The number of rotatable bonds is 5. The minimum absolute atomic E-state index is 0.0634. The van der Waals surface area contributed by atoms with Crippen LogP contribution in [0.2, 0.25) is 0 Å². The van der Waals surface area contributed by atoms with E-state index in [2.05, 4.69) is 15.4 Å². The molecule has 1 aliphatic heterocycles. The van der Waals surface area contributed by atoms with E-state index in [0.29, 0.717) is 18.7 Å². The minimum Gasteiger partial charge on any atom is -0.493 e. The van der Waals surface area contributed by atoms with Gasteiger partial charge in [-0.15, -0.1) is 0 Å². The lowest BCUT2D eigenvalue weighted by Gasteiger charge is -2.18. The number of halogens is 2. The number of methoxy groups -OCH3 is 1. The zero-order valence-corrected chi connectivity index (χ0v) is 11.7. The number of hydrogen-bond donors (Lipinski definition) is 2. The van der Waals surface area contributed by atoms with Gasteiger partial charge in [-0.25, -0.2) is 0 Å². The average molecular weight is 300 g/mol. The topological polar surface area (TPSA) is 59.6 Å². The quantitative estimate of drug-likeness (QED) is 0.876. The van der Waals surface area contributed by atoms with Crippen LogP contribution in [-0.4, -0.2) is 32.2 Å². The van der Waals surface area contributed by atoms with Crippen LogP contribution in [0.25, 0.3) is 0 Å². The lowest BCUT2D eigenvalue weighted by atomic mass is 10.1. The standard InChI is InChI=1S/C14H18F2N2O3/c1-20-11-6-5-9(8-12(11)21-14(15)16)18-10-4-2-3-7-17-13(10)19/h5-6,8,10,14,18H,2-4,7H2,1H3,(H,17,19)/t10-/m1/s1. The van der Waals surface area contributed by atoms with Crippen molar-refractivity contribution in [2.45, 2.75) is 31.9 Å². The Labute approximate surface area is 121 Å². The average Bonchev–Trinajstić information content (AvgIpc) is 2.64. The maximum Gasteiger partial charge on any atom is 0.387 e. The molecule has 5 nitrogen and oxygen atoms in total. The van der Waals surface area contributed by atoms with Gasteiger partial charge < -0.3 is 20.1 Å². The lowest BCUT2D eigenvalue weighted by molar-refractivity contribution is -0.121. The number of ether oxygens (including phenoxy) is 2. The van der Waals surface area contributed by atoms with Crippen molar-refractivity contribution in [3.05, 3.63) is 18.2 Å². The summed E-state index contributed by atoms with van der Waals surface area (Å²) in [5, 5.41) is 5.85. The molecule has 2 rings (SSSR count). The molecule has 1 fully saturated rings. The van der Waals surface area contributed by atoms with E-state index in [1.54, 1.807) is 6.07 Å². The molecule has 1 saturated heterocycles. The Kier molecular flexibility index (Phi) is 5.19. The van der Waals surface area contributed by atoms with E-state index < -0.39 is 6.61 Å². The van der Waals surface area contributed by atoms with Crippen molar-refractivity contribution in [2.75, 3.05) is 19.0 Å². The van der Waals surface area contributed by atoms with Gasteiger partial charge in [-0.2, -0.15) is 8.78 Å². The normalized spacial score (nSPS) is 18.9. The minimum atomic E-state index is -2.93. The predicted octanol–water partition coefficient (Wildman–Crippen LogP) is 2.38. The molecule has 0 bridgehead atoms. The van der Waals surface area contributed by atoms with Gasteiger partial charge in [0.2, 0.25) is 5.91 Å². The predicted molar refractivity (Wildman–Crippen MR) is 73.9 cm³/mol. The van der Waals surface area contributed by atoms with E-state index in [-0.39, 0.29) is 23.4 Å². The zero-order valence-electron chi connectivity index (χ0n) is 11.7. The first kappa shape index (κ1) is 15.3. The van der Waals surface area contributed by atoms with Crippen LogP contribution in [-0.2, 0) is 4.79 Å². The molecule has 21 heavy (non-hydrogen) atoms. The molecule has 0 unspecified atom stereocenters. The third-order valence-corrected chi connectivity index (χ3v) is 3.26. The Morgan fingerprint density at radius 3 is 2.86 bits per heavy atom. The summed E-state index contributed by atoms with van der Waals surface area (Å²) in [7, 11) is 1.37. The zero-order chi connectivity index (χ0) is 15.2. The van der Waals surface area contributed by atoms with E-state index in [1.165, 1.54) is 19.2 Å². The Morgan fingerprint density at radius 2 is 2.14 bits per heavy atom. The molecule has 116 valence electrons. The number of nitrogens with one attached hydrogen (secondary N) is 2. The second-order valence-corrected chi connectivity index (χ2v) is 4.73. The maximum absolute atomic E-state index is 12.4. The highest BCUT2D eigenvalue weighted by Gasteiger charge is 2.21. The molecule has 0 spiro atoms. The van der Waals surface area contributed by atoms with Crippen LogP contribution >= 0.6 is 0 Å². The summed E-state index contributed by atoms with van der Waals surface area (Å²) >= 11 is 0. The summed E-state index contributed by atoms with van der Waals surface area (Å²) < 4.78 is 34.1. The molecule has 0 aromatic heterocycles.